The molecule has 2 aliphatic rings. The summed E-state index contributed by atoms with van der Waals surface area (Å²) in [6.07, 6.45) is 1.86. The highest BCUT2D eigenvalue weighted by molar-refractivity contribution is 6.45. The van der Waals surface area contributed by atoms with E-state index in [-0.39, 0.29) is 23.8 Å². The van der Waals surface area contributed by atoms with Crippen molar-refractivity contribution in [2.75, 3.05) is 37.4 Å². The van der Waals surface area contributed by atoms with Crippen LogP contribution in [0.4, 0.5) is 11.4 Å². The van der Waals surface area contributed by atoms with Gasteiger partial charge in [0.05, 0.1) is 11.3 Å². The molecule has 2 aromatic rings. The normalized spacial score (nSPS) is 17.6. The third-order valence-corrected chi connectivity index (χ3v) is 6.40. The van der Waals surface area contributed by atoms with Crippen LogP contribution in [0.5, 0.6) is 0 Å². The maximum Gasteiger partial charge on any atom is 0.282 e. The Morgan fingerprint density at radius 2 is 1.70 bits per heavy atom. The molecule has 0 saturated carbocycles. The van der Waals surface area contributed by atoms with Gasteiger partial charge in [-0.05, 0) is 75.3 Å². The van der Waals surface area contributed by atoms with Gasteiger partial charge in [0.1, 0.15) is 5.70 Å². The predicted molar refractivity (Wildman–Crippen MR) is 130 cm³/mol. The number of rotatable bonds is 5. The fourth-order valence-electron chi connectivity index (χ4n) is 4.60. The Labute approximate surface area is 194 Å². The molecule has 7 nitrogen and oxygen atoms in total. The molecule has 4 rings (SSSR count). The molecule has 0 atom stereocenters. The van der Waals surface area contributed by atoms with E-state index in [4.69, 9.17) is 0 Å². The van der Waals surface area contributed by atoms with Crippen LogP contribution >= 0.6 is 0 Å². The largest absolute Gasteiger partial charge is 0.366 e. The monoisotopic (exact) mass is 446 g/mol. The van der Waals surface area contributed by atoms with Crippen molar-refractivity contribution >= 4 is 34.7 Å². The molecule has 1 N–H and O–H groups in total. The molecule has 0 aromatic heterocycles. The molecule has 0 bridgehead atoms. The number of hydrogen-bond acceptors (Lipinski definition) is 5. The van der Waals surface area contributed by atoms with Crippen molar-refractivity contribution in [3.05, 3.63) is 65.4 Å². The molecule has 3 amide bonds. The zero-order valence-electron chi connectivity index (χ0n) is 19.6. The zero-order chi connectivity index (χ0) is 23.7. The van der Waals surface area contributed by atoms with E-state index in [1.54, 1.807) is 30.3 Å². The summed E-state index contributed by atoms with van der Waals surface area (Å²) in [5, 5.41) is 2.74. The van der Waals surface area contributed by atoms with Gasteiger partial charge in [0.15, 0.2) is 0 Å². The maximum atomic E-state index is 13.7. The first-order valence-electron chi connectivity index (χ1n) is 11.3. The number of nitrogens with zero attached hydrogens (tertiary/aromatic N) is 3. The number of hydrogen-bond donors (Lipinski definition) is 1. The smallest absolute Gasteiger partial charge is 0.282 e. The molecular weight excluding hydrogens is 416 g/mol. The van der Waals surface area contributed by atoms with Gasteiger partial charge in [0, 0.05) is 25.7 Å². The van der Waals surface area contributed by atoms with E-state index >= 15 is 0 Å². The van der Waals surface area contributed by atoms with Crippen LogP contribution in [0.15, 0.2) is 54.2 Å². The molecule has 1 saturated heterocycles. The van der Waals surface area contributed by atoms with Crippen LogP contribution in [-0.2, 0) is 14.4 Å². The third-order valence-electron chi connectivity index (χ3n) is 6.40. The minimum atomic E-state index is -0.326. The molecular formula is C26H30N4O3. The van der Waals surface area contributed by atoms with Gasteiger partial charge < -0.3 is 15.1 Å². The zero-order valence-corrected chi connectivity index (χ0v) is 19.6. The van der Waals surface area contributed by atoms with Crippen molar-refractivity contribution in [3.8, 4) is 0 Å². The van der Waals surface area contributed by atoms with Gasteiger partial charge in [-0.15, -0.1) is 0 Å². The molecule has 0 unspecified atom stereocenters. The second-order valence-electron chi connectivity index (χ2n) is 8.91. The van der Waals surface area contributed by atoms with Gasteiger partial charge in [-0.2, -0.15) is 0 Å². The lowest BCUT2D eigenvalue weighted by atomic mass is 10.00. The predicted octanol–water partition coefficient (Wildman–Crippen LogP) is 3.26. The molecule has 172 valence electrons. The van der Waals surface area contributed by atoms with Crippen molar-refractivity contribution in [2.24, 2.45) is 0 Å². The standard InChI is InChI=1S/C26H30N4O3/c1-17-6-5-7-22(16-17)30-25(32)23(19-8-10-20(11-9-19)27-18(2)31)24(26(30)33)29(4)21-12-14-28(3)15-13-21/h5-11,16,21H,12-15H2,1-4H3,(H,27,31). The van der Waals surface area contributed by atoms with E-state index in [1.165, 1.54) is 11.8 Å². The lowest BCUT2D eigenvalue weighted by Crippen LogP contribution is -2.43. The van der Waals surface area contributed by atoms with E-state index in [2.05, 4.69) is 17.3 Å². The van der Waals surface area contributed by atoms with Crippen LogP contribution in [0.1, 0.15) is 30.9 Å². The summed E-state index contributed by atoms with van der Waals surface area (Å²) >= 11 is 0. The highest BCUT2D eigenvalue weighted by Crippen LogP contribution is 2.36. The van der Waals surface area contributed by atoms with Crippen molar-refractivity contribution in [1.82, 2.24) is 9.80 Å². The number of likely N-dealkylation sites (N-methyl/N-ethyl adjacent to an activating group) is 1. The maximum absolute atomic E-state index is 13.7. The Morgan fingerprint density at radius 1 is 1.03 bits per heavy atom. The van der Waals surface area contributed by atoms with Crippen LogP contribution in [0.2, 0.25) is 0 Å². The van der Waals surface area contributed by atoms with Gasteiger partial charge in [-0.25, -0.2) is 4.90 Å². The van der Waals surface area contributed by atoms with Crippen molar-refractivity contribution < 1.29 is 14.4 Å². The number of piperidine rings is 1. The Balaban J connectivity index is 1.76. The van der Waals surface area contributed by atoms with Crippen LogP contribution < -0.4 is 10.2 Å². The molecule has 33 heavy (non-hydrogen) atoms. The lowest BCUT2D eigenvalue weighted by Gasteiger charge is -2.36. The second-order valence-corrected chi connectivity index (χ2v) is 8.91. The minimum absolute atomic E-state index is 0.164. The summed E-state index contributed by atoms with van der Waals surface area (Å²) in [6.45, 7) is 5.29. The number of carbonyl (C=O) groups is 3. The van der Waals surface area contributed by atoms with Gasteiger partial charge in [0.25, 0.3) is 11.8 Å². The summed E-state index contributed by atoms with van der Waals surface area (Å²) in [5.41, 5.74) is 3.69. The molecule has 2 heterocycles. The quantitative estimate of drug-likeness (QED) is 0.714. The van der Waals surface area contributed by atoms with Gasteiger partial charge >= 0.3 is 0 Å². The average molecular weight is 447 g/mol. The molecule has 0 radical (unpaired) electrons. The fourth-order valence-corrected chi connectivity index (χ4v) is 4.60. The fraction of sp³-hybridized carbons (Fsp3) is 0.346. The summed E-state index contributed by atoms with van der Waals surface area (Å²) < 4.78 is 0. The van der Waals surface area contributed by atoms with E-state index in [9.17, 15) is 14.4 Å². The van der Waals surface area contributed by atoms with Gasteiger partial charge in [0.2, 0.25) is 5.91 Å². The first-order valence-corrected chi connectivity index (χ1v) is 11.3. The Hall–Kier alpha value is -3.45. The highest BCUT2D eigenvalue weighted by atomic mass is 16.2. The Kier molecular flexibility index (Phi) is 6.33. The number of likely N-dealkylation sites (tertiary alicyclic amines) is 1. The van der Waals surface area contributed by atoms with E-state index in [0.29, 0.717) is 28.2 Å². The number of anilines is 2. The first-order chi connectivity index (χ1) is 15.8. The van der Waals surface area contributed by atoms with Crippen LogP contribution in [0.3, 0.4) is 0 Å². The number of imide groups is 1. The summed E-state index contributed by atoms with van der Waals surface area (Å²) in [5.74, 6) is -0.789. The summed E-state index contributed by atoms with van der Waals surface area (Å²) in [6, 6.07) is 14.7. The third kappa shape index (κ3) is 4.54. The lowest BCUT2D eigenvalue weighted by molar-refractivity contribution is -0.121. The molecule has 2 aromatic carbocycles. The highest BCUT2D eigenvalue weighted by Gasteiger charge is 2.43. The summed E-state index contributed by atoms with van der Waals surface area (Å²) in [4.78, 5) is 44.3. The number of benzene rings is 2. The van der Waals surface area contributed by atoms with Gasteiger partial charge in [-0.3, -0.25) is 14.4 Å². The molecule has 7 heteroatoms. The van der Waals surface area contributed by atoms with E-state index in [0.717, 1.165) is 31.5 Å². The van der Waals surface area contributed by atoms with Crippen molar-refractivity contribution in [1.29, 1.82) is 0 Å². The average Bonchev–Trinajstić information content (AvgIpc) is 3.04. The van der Waals surface area contributed by atoms with Crippen molar-refractivity contribution in [2.45, 2.75) is 32.7 Å². The summed E-state index contributed by atoms with van der Waals surface area (Å²) in [7, 11) is 4.02. The topological polar surface area (TPSA) is 73.0 Å². The van der Waals surface area contributed by atoms with Crippen molar-refractivity contribution in [3.63, 3.8) is 0 Å². The number of nitrogens with one attached hydrogen (secondary N) is 1. The minimum Gasteiger partial charge on any atom is -0.366 e. The molecule has 1 fully saturated rings. The number of carbonyl (C=O) groups excluding carboxylic acids is 3. The first kappa shape index (κ1) is 22.7. The van der Waals surface area contributed by atoms with Gasteiger partial charge in [-0.1, -0.05) is 24.3 Å². The van der Waals surface area contributed by atoms with E-state index < -0.39 is 0 Å². The molecule has 0 aliphatic carbocycles. The van der Waals surface area contributed by atoms with Crippen LogP contribution in [-0.4, -0.2) is 60.7 Å². The Morgan fingerprint density at radius 3 is 2.30 bits per heavy atom. The molecule has 2 aliphatic heterocycles. The SMILES string of the molecule is CC(=O)Nc1ccc(C2=C(N(C)C3CCN(C)CC3)C(=O)N(c3cccc(C)c3)C2=O)cc1. The van der Waals surface area contributed by atoms with Crippen LogP contribution in [0.25, 0.3) is 5.57 Å². The van der Waals surface area contributed by atoms with E-state index in [1.807, 2.05) is 37.1 Å². The number of aryl methyl sites for hydroxylation is 1. The number of amides is 3. The molecule has 0 spiro atoms. The van der Waals surface area contributed by atoms with Crippen LogP contribution in [0, 0.1) is 6.92 Å². The second kappa shape index (κ2) is 9.19. The Bertz CT molecular complexity index is 1110.